The third-order valence-corrected chi connectivity index (χ3v) is 6.55. The average molecular weight is 450 g/mol. The van der Waals surface area contributed by atoms with E-state index in [-0.39, 0.29) is 24.9 Å². The summed E-state index contributed by atoms with van der Waals surface area (Å²) in [5, 5.41) is 18.3. The van der Waals surface area contributed by atoms with Crippen LogP contribution in [0.1, 0.15) is 61.5 Å². The molecular formula is C25H31N5O3. The van der Waals surface area contributed by atoms with Crippen LogP contribution in [-0.2, 0) is 19.4 Å². The fraction of sp³-hybridized carbons (Fsp3) is 0.480. The van der Waals surface area contributed by atoms with Crippen LogP contribution >= 0.6 is 0 Å². The maximum Gasteiger partial charge on any atom is 0.329 e. The largest absolute Gasteiger partial charge is 0.396 e. The first kappa shape index (κ1) is 21.9. The fourth-order valence-electron chi connectivity index (χ4n) is 4.69. The summed E-state index contributed by atoms with van der Waals surface area (Å²) < 4.78 is 5.84. The maximum absolute atomic E-state index is 13.4. The Balaban J connectivity index is 1.55. The maximum atomic E-state index is 13.4. The van der Waals surface area contributed by atoms with Gasteiger partial charge in [0.1, 0.15) is 5.65 Å². The predicted octanol–water partition coefficient (Wildman–Crippen LogP) is 2.86. The second-order valence-corrected chi connectivity index (χ2v) is 8.96. The topological polar surface area (TPSA) is 97.6 Å². The Morgan fingerprint density at radius 2 is 1.79 bits per heavy atom. The Bertz CT molecular complexity index is 1320. The lowest BCUT2D eigenvalue weighted by atomic mass is 10.1. The molecule has 4 aromatic rings. The Labute approximate surface area is 192 Å². The smallest absolute Gasteiger partial charge is 0.329 e. The number of hydrogen-bond donors (Lipinski definition) is 2. The molecule has 174 valence electrons. The summed E-state index contributed by atoms with van der Waals surface area (Å²) in [7, 11) is 0. The number of aryl methyl sites for hydroxylation is 2. The molecule has 0 atom stereocenters. The van der Waals surface area contributed by atoms with E-state index in [0.29, 0.717) is 6.54 Å². The predicted molar refractivity (Wildman–Crippen MR) is 127 cm³/mol. The highest BCUT2D eigenvalue weighted by Gasteiger charge is 2.29. The zero-order chi connectivity index (χ0) is 22.8. The first-order valence-electron chi connectivity index (χ1n) is 12.0. The van der Waals surface area contributed by atoms with Crippen LogP contribution in [0.15, 0.2) is 41.6 Å². The number of aliphatic hydroxyl groups is 2. The van der Waals surface area contributed by atoms with Gasteiger partial charge in [0.25, 0.3) is 0 Å². The van der Waals surface area contributed by atoms with Crippen molar-refractivity contribution in [1.29, 1.82) is 0 Å². The van der Waals surface area contributed by atoms with E-state index in [4.69, 9.17) is 10.1 Å². The van der Waals surface area contributed by atoms with Crippen molar-refractivity contribution in [3.8, 4) is 0 Å². The minimum Gasteiger partial charge on any atom is -0.396 e. The van der Waals surface area contributed by atoms with E-state index in [0.717, 1.165) is 79.4 Å². The highest BCUT2D eigenvalue weighted by atomic mass is 16.3. The van der Waals surface area contributed by atoms with E-state index in [1.54, 1.807) is 17.0 Å². The molecular weight excluding hydrogens is 418 g/mol. The summed E-state index contributed by atoms with van der Waals surface area (Å²) in [5.41, 5.74) is 5.84. The van der Waals surface area contributed by atoms with Crippen LogP contribution in [0.5, 0.6) is 0 Å². The van der Waals surface area contributed by atoms with Gasteiger partial charge in [-0.15, -0.1) is 0 Å². The van der Waals surface area contributed by atoms with Crippen LogP contribution < -0.4 is 5.69 Å². The van der Waals surface area contributed by atoms with Crippen LogP contribution in [0.3, 0.4) is 0 Å². The quantitative estimate of drug-likeness (QED) is 0.343. The molecule has 0 bridgehead atoms. The molecule has 2 N–H and O–H groups in total. The summed E-state index contributed by atoms with van der Waals surface area (Å²) in [4.78, 5) is 22.6. The Hall–Kier alpha value is -2.97. The third-order valence-electron chi connectivity index (χ3n) is 6.55. The van der Waals surface area contributed by atoms with E-state index in [1.165, 1.54) is 5.56 Å². The number of hydrogen-bond acceptors (Lipinski definition) is 5. The van der Waals surface area contributed by atoms with E-state index in [1.807, 2.05) is 10.6 Å². The molecule has 0 unspecified atom stereocenters. The molecule has 1 fully saturated rings. The van der Waals surface area contributed by atoms with Gasteiger partial charge in [-0.3, -0.25) is 14.1 Å². The highest BCUT2D eigenvalue weighted by Crippen LogP contribution is 2.36. The second-order valence-electron chi connectivity index (χ2n) is 8.96. The lowest BCUT2D eigenvalue weighted by molar-refractivity contribution is 0.284. The molecule has 0 saturated heterocycles. The van der Waals surface area contributed by atoms with Gasteiger partial charge in [0, 0.05) is 37.3 Å². The molecule has 1 aliphatic rings. The minimum absolute atomic E-state index is 0.00329. The first-order chi connectivity index (χ1) is 16.2. The SMILES string of the molecule is O=c1n(Cc2nc3cc(CCCCO)ccn3c2CCCCO)c2cnccc2n1C1CC1. The monoisotopic (exact) mass is 449 g/mol. The minimum atomic E-state index is 0.00329. The molecule has 33 heavy (non-hydrogen) atoms. The van der Waals surface area contributed by atoms with Gasteiger partial charge in [0.15, 0.2) is 0 Å². The summed E-state index contributed by atoms with van der Waals surface area (Å²) >= 11 is 0. The van der Waals surface area contributed by atoms with Crippen LogP contribution in [-0.4, -0.2) is 46.9 Å². The number of imidazole rings is 2. The Morgan fingerprint density at radius 3 is 2.55 bits per heavy atom. The van der Waals surface area contributed by atoms with E-state index < -0.39 is 0 Å². The van der Waals surface area contributed by atoms with Crippen LogP contribution in [0.2, 0.25) is 0 Å². The van der Waals surface area contributed by atoms with Crippen LogP contribution in [0, 0.1) is 0 Å². The van der Waals surface area contributed by atoms with E-state index in [2.05, 4.69) is 27.7 Å². The molecule has 5 rings (SSSR count). The standard InChI is InChI=1S/C25H31N5O3/c31-13-3-1-5-18-10-12-28-21(6-2-4-14-32)20(27-24(28)15-18)17-29-23-16-26-11-9-22(23)30(25(29)33)19-7-8-19/h9-12,15-16,19,31-32H,1-8,13-14,17H2. The van der Waals surface area contributed by atoms with E-state index in [9.17, 15) is 9.90 Å². The van der Waals surface area contributed by atoms with Gasteiger partial charge in [-0.05, 0) is 75.1 Å². The van der Waals surface area contributed by atoms with Crippen molar-refractivity contribution in [3.05, 3.63) is 64.2 Å². The zero-order valence-corrected chi connectivity index (χ0v) is 18.9. The zero-order valence-electron chi connectivity index (χ0n) is 18.9. The number of nitrogens with zero attached hydrogens (tertiary/aromatic N) is 5. The highest BCUT2D eigenvalue weighted by molar-refractivity contribution is 5.75. The molecule has 1 saturated carbocycles. The Morgan fingerprint density at radius 1 is 1.00 bits per heavy atom. The molecule has 1 aliphatic carbocycles. The van der Waals surface area contributed by atoms with Gasteiger partial charge in [0.2, 0.25) is 0 Å². The van der Waals surface area contributed by atoms with Gasteiger partial charge in [0.05, 0.1) is 29.5 Å². The van der Waals surface area contributed by atoms with Crippen LogP contribution in [0.25, 0.3) is 16.7 Å². The third kappa shape index (κ3) is 4.32. The molecule has 8 nitrogen and oxygen atoms in total. The first-order valence-corrected chi connectivity index (χ1v) is 12.0. The van der Waals surface area contributed by atoms with E-state index >= 15 is 0 Å². The molecule has 8 heteroatoms. The van der Waals surface area contributed by atoms with Crippen LogP contribution in [0.4, 0.5) is 0 Å². The molecule has 4 heterocycles. The summed E-state index contributed by atoms with van der Waals surface area (Å²) in [5.74, 6) is 0. The van der Waals surface area contributed by atoms with Crippen molar-refractivity contribution in [3.63, 3.8) is 0 Å². The normalized spacial score (nSPS) is 14.0. The number of aliphatic hydroxyl groups excluding tert-OH is 2. The number of unbranched alkanes of at least 4 members (excludes halogenated alkanes) is 2. The van der Waals surface area contributed by atoms with Gasteiger partial charge in [-0.2, -0.15) is 0 Å². The fourth-order valence-corrected chi connectivity index (χ4v) is 4.69. The van der Waals surface area contributed by atoms with Crippen molar-refractivity contribution < 1.29 is 10.2 Å². The van der Waals surface area contributed by atoms with Crippen molar-refractivity contribution in [1.82, 2.24) is 23.5 Å². The Kier molecular flexibility index (Phi) is 6.28. The molecule has 4 aromatic heterocycles. The number of rotatable bonds is 11. The lowest BCUT2D eigenvalue weighted by Crippen LogP contribution is -2.24. The lowest BCUT2D eigenvalue weighted by Gasteiger charge is -2.07. The average Bonchev–Trinajstić information content (AvgIpc) is 3.55. The number of pyridine rings is 2. The summed E-state index contributed by atoms with van der Waals surface area (Å²) in [6, 6.07) is 6.43. The van der Waals surface area contributed by atoms with Gasteiger partial charge >= 0.3 is 5.69 Å². The van der Waals surface area contributed by atoms with Crippen molar-refractivity contribution in [2.24, 2.45) is 0 Å². The molecule has 0 aromatic carbocycles. The van der Waals surface area contributed by atoms with Gasteiger partial charge in [-0.1, -0.05) is 0 Å². The number of fused-ring (bicyclic) bond motifs is 2. The second kappa shape index (κ2) is 9.49. The summed E-state index contributed by atoms with van der Waals surface area (Å²) in [6.07, 6.45) is 12.7. The van der Waals surface area contributed by atoms with Gasteiger partial charge < -0.3 is 14.6 Å². The number of aromatic nitrogens is 5. The van der Waals surface area contributed by atoms with Gasteiger partial charge in [-0.25, -0.2) is 9.78 Å². The summed E-state index contributed by atoms with van der Waals surface area (Å²) in [6.45, 7) is 0.778. The molecule has 0 radical (unpaired) electrons. The van der Waals surface area contributed by atoms with Crippen molar-refractivity contribution in [2.75, 3.05) is 13.2 Å². The van der Waals surface area contributed by atoms with Crippen molar-refractivity contribution >= 4 is 16.7 Å². The molecule has 0 spiro atoms. The van der Waals surface area contributed by atoms with Crippen molar-refractivity contribution in [2.45, 2.75) is 64.0 Å². The molecule has 0 amide bonds. The molecule has 0 aliphatic heterocycles.